The summed E-state index contributed by atoms with van der Waals surface area (Å²) in [4.78, 5) is 11.5. The zero-order chi connectivity index (χ0) is 14.7. The molecule has 0 aliphatic rings. The number of nitrogens with zero attached hydrogens (tertiary/aromatic N) is 3. The summed E-state index contributed by atoms with van der Waals surface area (Å²) in [6.07, 6.45) is 1.26. The van der Waals surface area contributed by atoms with Gasteiger partial charge in [0.15, 0.2) is 11.5 Å². The van der Waals surface area contributed by atoms with E-state index in [1.54, 1.807) is 6.92 Å². The van der Waals surface area contributed by atoms with E-state index in [0.29, 0.717) is 0 Å². The first-order valence-corrected chi connectivity index (χ1v) is 6.07. The molecule has 0 atom stereocenters. The Bertz CT molecular complexity index is 645. The molecule has 106 valence electrons. The van der Waals surface area contributed by atoms with Crippen LogP contribution in [0.3, 0.4) is 0 Å². The van der Waals surface area contributed by atoms with Crippen molar-refractivity contribution in [3.05, 3.63) is 34.9 Å². The smallest absolute Gasteiger partial charge is 0.360 e. The number of hydrogen-bond acceptors (Lipinski definition) is 5. The van der Waals surface area contributed by atoms with Gasteiger partial charge >= 0.3 is 5.97 Å². The van der Waals surface area contributed by atoms with Crippen LogP contribution in [0.1, 0.15) is 17.4 Å². The molecule has 6 nitrogen and oxygen atoms in total. The molecule has 1 aromatic carbocycles. The molecule has 8 heteroatoms. The summed E-state index contributed by atoms with van der Waals surface area (Å²) in [5, 5.41) is 7.51. The first-order chi connectivity index (χ1) is 9.56. The van der Waals surface area contributed by atoms with Crippen LogP contribution in [0.25, 0.3) is 5.69 Å². The average Bonchev–Trinajstić information content (AvgIpc) is 2.90. The van der Waals surface area contributed by atoms with Crippen molar-refractivity contribution in [3.63, 3.8) is 0 Å². The Morgan fingerprint density at radius 3 is 2.90 bits per heavy atom. The molecule has 0 amide bonds. The number of ether oxygens (including phenoxy) is 2. The van der Waals surface area contributed by atoms with E-state index in [0.717, 1.165) is 10.7 Å². The third-order valence-corrected chi connectivity index (χ3v) is 2.74. The summed E-state index contributed by atoms with van der Waals surface area (Å²) in [5.41, 5.74) is 0.0389. The van der Waals surface area contributed by atoms with Crippen LogP contribution >= 0.6 is 11.6 Å². The van der Waals surface area contributed by atoms with Gasteiger partial charge in [-0.2, -0.15) is 0 Å². The van der Waals surface area contributed by atoms with Gasteiger partial charge in [0, 0.05) is 6.07 Å². The molecule has 1 heterocycles. The minimum Gasteiger partial charge on any atom is -0.495 e. The maximum Gasteiger partial charge on any atom is 0.360 e. The molecule has 2 rings (SSSR count). The van der Waals surface area contributed by atoms with Crippen molar-refractivity contribution in [2.75, 3.05) is 13.7 Å². The molecule has 0 N–H and O–H groups in total. The standard InChI is InChI=1S/C12H11ClFN3O3/c1-3-20-12(18)9-6-17(16-15-9)10-4-7(13)11(19-2)5-8(10)14/h4-6H,3H2,1-2H3. The van der Waals surface area contributed by atoms with E-state index < -0.39 is 11.8 Å². The summed E-state index contributed by atoms with van der Waals surface area (Å²) in [5.74, 6) is -1.02. The highest BCUT2D eigenvalue weighted by Crippen LogP contribution is 2.28. The Hall–Kier alpha value is -2.15. The molecule has 0 saturated heterocycles. The third kappa shape index (κ3) is 2.72. The van der Waals surface area contributed by atoms with Gasteiger partial charge in [0.05, 0.1) is 24.9 Å². The largest absolute Gasteiger partial charge is 0.495 e. The van der Waals surface area contributed by atoms with Crippen molar-refractivity contribution in [1.82, 2.24) is 15.0 Å². The molecular formula is C12H11ClFN3O3. The number of carbonyl (C=O) groups excluding carboxylic acids is 1. The Morgan fingerprint density at radius 1 is 1.50 bits per heavy atom. The number of carbonyl (C=O) groups is 1. The van der Waals surface area contributed by atoms with Crippen LogP contribution in [0.5, 0.6) is 5.75 Å². The van der Waals surface area contributed by atoms with Gasteiger partial charge < -0.3 is 9.47 Å². The van der Waals surface area contributed by atoms with Gasteiger partial charge in [0.25, 0.3) is 0 Å². The highest BCUT2D eigenvalue weighted by molar-refractivity contribution is 6.32. The Labute approximate surface area is 119 Å². The second-order valence-electron chi connectivity index (χ2n) is 3.71. The van der Waals surface area contributed by atoms with Crippen molar-refractivity contribution in [1.29, 1.82) is 0 Å². The van der Waals surface area contributed by atoms with Gasteiger partial charge in [-0.05, 0) is 13.0 Å². The number of rotatable bonds is 4. The highest BCUT2D eigenvalue weighted by Gasteiger charge is 2.16. The summed E-state index contributed by atoms with van der Waals surface area (Å²) in [6.45, 7) is 1.89. The summed E-state index contributed by atoms with van der Waals surface area (Å²) < 4.78 is 24.7. The molecule has 0 fully saturated rings. The maximum atomic E-state index is 13.9. The van der Waals surface area contributed by atoms with E-state index >= 15 is 0 Å². The zero-order valence-corrected chi connectivity index (χ0v) is 11.5. The van der Waals surface area contributed by atoms with Crippen LogP contribution in [0.15, 0.2) is 18.3 Å². The minimum absolute atomic E-state index is 0.0156. The van der Waals surface area contributed by atoms with Crippen molar-refractivity contribution in [3.8, 4) is 11.4 Å². The topological polar surface area (TPSA) is 66.2 Å². The summed E-state index contributed by atoms with van der Waals surface area (Å²) in [7, 11) is 1.38. The van der Waals surface area contributed by atoms with Crippen LogP contribution in [0.4, 0.5) is 4.39 Å². The zero-order valence-electron chi connectivity index (χ0n) is 10.8. The van der Waals surface area contributed by atoms with Crippen LogP contribution in [-0.4, -0.2) is 34.7 Å². The number of aromatic nitrogens is 3. The van der Waals surface area contributed by atoms with E-state index in [2.05, 4.69) is 10.3 Å². The van der Waals surface area contributed by atoms with Crippen LogP contribution in [0, 0.1) is 5.82 Å². The molecule has 0 radical (unpaired) electrons. The van der Waals surface area contributed by atoms with Gasteiger partial charge in [-0.15, -0.1) is 5.10 Å². The molecule has 0 saturated carbocycles. The summed E-state index contributed by atoms with van der Waals surface area (Å²) >= 11 is 5.93. The fraction of sp³-hybridized carbons (Fsp3) is 0.250. The molecule has 0 aliphatic carbocycles. The third-order valence-electron chi connectivity index (χ3n) is 2.45. The Balaban J connectivity index is 2.37. The number of esters is 1. The first-order valence-electron chi connectivity index (χ1n) is 5.69. The number of benzene rings is 1. The average molecular weight is 300 g/mol. The lowest BCUT2D eigenvalue weighted by Crippen LogP contribution is -2.04. The van der Waals surface area contributed by atoms with E-state index in [1.807, 2.05) is 0 Å². The van der Waals surface area contributed by atoms with Crippen LogP contribution in [-0.2, 0) is 4.74 Å². The molecule has 0 bridgehead atoms. The normalized spacial score (nSPS) is 10.4. The molecule has 1 aromatic heterocycles. The van der Waals surface area contributed by atoms with E-state index in [9.17, 15) is 9.18 Å². The van der Waals surface area contributed by atoms with Crippen LogP contribution < -0.4 is 4.74 Å². The van der Waals surface area contributed by atoms with Gasteiger partial charge in [-0.3, -0.25) is 0 Å². The fourth-order valence-corrected chi connectivity index (χ4v) is 1.77. The minimum atomic E-state index is -0.626. The summed E-state index contributed by atoms with van der Waals surface area (Å²) in [6, 6.07) is 2.46. The lowest BCUT2D eigenvalue weighted by Gasteiger charge is -2.07. The first kappa shape index (κ1) is 14.3. The molecule has 0 unspecified atom stereocenters. The van der Waals surface area contributed by atoms with Crippen molar-refractivity contribution < 1.29 is 18.7 Å². The molecule has 20 heavy (non-hydrogen) atoms. The van der Waals surface area contributed by atoms with Crippen molar-refractivity contribution in [2.45, 2.75) is 6.92 Å². The Kier molecular flexibility index (Phi) is 4.19. The van der Waals surface area contributed by atoms with Gasteiger partial charge in [0.2, 0.25) is 0 Å². The maximum absolute atomic E-state index is 13.9. The number of hydrogen-bond donors (Lipinski definition) is 0. The monoisotopic (exact) mass is 299 g/mol. The van der Waals surface area contributed by atoms with E-state index in [4.69, 9.17) is 21.1 Å². The lowest BCUT2D eigenvalue weighted by molar-refractivity contribution is 0.0519. The van der Waals surface area contributed by atoms with Gasteiger partial charge in [-0.25, -0.2) is 13.9 Å². The van der Waals surface area contributed by atoms with E-state index in [1.165, 1.54) is 19.4 Å². The van der Waals surface area contributed by atoms with Crippen molar-refractivity contribution in [2.24, 2.45) is 0 Å². The van der Waals surface area contributed by atoms with Crippen molar-refractivity contribution >= 4 is 17.6 Å². The molecular weight excluding hydrogens is 289 g/mol. The molecule has 2 aromatic rings. The van der Waals surface area contributed by atoms with E-state index in [-0.39, 0.29) is 28.8 Å². The highest BCUT2D eigenvalue weighted by atomic mass is 35.5. The lowest BCUT2D eigenvalue weighted by atomic mass is 10.3. The predicted molar refractivity (Wildman–Crippen MR) is 68.8 cm³/mol. The van der Waals surface area contributed by atoms with Gasteiger partial charge in [-0.1, -0.05) is 16.8 Å². The number of halogens is 2. The van der Waals surface area contributed by atoms with Crippen LogP contribution in [0.2, 0.25) is 5.02 Å². The second-order valence-corrected chi connectivity index (χ2v) is 4.11. The molecule has 0 spiro atoms. The Morgan fingerprint density at radius 2 is 2.25 bits per heavy atom. The molecule has 0 aliphatic heterocycles. The second kappa shape index (κ2) is 5.87. The SMILES string of the molecule is CCOC(=O)c1cn(-c2cc(Cl)c(OC)cc2F)nn1. The predicted octanol–water partition coefficient (Wildman–Crippen LogP) is 2.25. The number of methoxy groups -OCH3 is 1. The quantitative estimate of drug-likeness (QED) is 0.810. The fourth-order valence-electron chi connectivity index (χ4n) is 1.53. The van der Waals surface area contributed by atoms with Gasteiger partial charge in [0.1, 0.15) is 11.4 Å².